The Bertz CT molecular complexity index is 907. The van der Waals surface area contributed by atoms with Gasteiger partial charge >= 0.3 is 6.61 Å². The number of fused-ring (bicyclic) bond motifs is 1. The number of nitrogens with zero attached hydrogens (tertiary/aromatic N) is 5. The van der Waals surface area contributed by atoms with E-state index in [0.29, 0.717) is 35.3 Å². The minimum absolute atomic E-state index is 0.116. The van der Waals surface area contributed by atoms with Crippen molar-refractivity contribution < 1.29 is 18.3 Å². The standard InChI is InChI=1S/C16H19F2N7O2/c1-9(10-3-2-4-26-8-10)25-15-11(6-20-25)19-7-13(22-15)21-12-5-14(24-23-12)27-16(17)18/h5-7,9-10,16H,2-4,8H2,1H3,(H2,21,22,23,24)/t9?,10-/m1/s1. The van der Waals surface area contributed by atoms with Gasteiger partial charge in [-0.25, -0.2) is 14.6 Å². The highest BCUT2D eigenvalue weighted by atomic mass is 19.3. The molecule has 1 saturated heterocycles. The van der Waals surface area contributed by atoms with Crippen LogP contribution in [-0.4, -0.2) is 49.8 Å². The Labute approximate surface area is 153 Å². The van der Waals surface area contributed by atoms with Crippen molar-refractivity contribution in [1.29, 1.82) is 0 Å². The molecule has 11 heteroatoms. The van der Waals surface area contributed by atoms with Crippen molar-refractivity contribution in [2.45, 2.75) is 32.4 Å². The van der Waals surface area contributed by atoms with Crippen molar-refractivity contribution in [2.75, 3.05) is 18.5 Å². The van der Waals surface area contributed by atoms with Crippen LogP contribution in [0.3, 0.4) is 0 Å². The predicted octanol–water partition coefficient (Wildman–Crippen LogP) is 2.88. The smallest absolute Gasteiger partial charge is 0.388 e. The number of aromatic nitrogens is 6. The minimum Gasteiger partial charge on any atom is -0.415 e. The van der Waals surface area contributed by atoms with Gasteiger partial charge in [0.1, 0.15) is 11.3 Å². The van der Waals surface area contributed by atoms with E-state index >= 15 is 0 Å². The Morgan fingerprint density at radius 2 is 2.30 bits per heavy atom. The second-order valence-corrected chi connectivity index (χ2v) is 6.39. The summed E-state index contributed by atoms with van der Waals surface area (Å²) in [5, 5.41) is 13.6. The molecule has 0 saturated carbocycles. The fourth-order valence-electron chi connectivity index (χ4n) is 3.18. The number of alkyl halides is 2. The molecule has 3 aromatic rings. The number of halogens is 2. The number of aromatic amines is 1. The van der Waals surface area contributed by atoms with Gasteiger partial charge in [-0.2, -0.15) is 13.9 Å². The lowest BCUT2D eigenvalue weighted by Crippen LogP contribution is -2.26. The van der Waals surface area contributed by atoms with Crippen LogP contribution in [0.15, 0.2) is 18.5 Å². The summed E-state index contributed by atoms with van der Waals surface area (Å²) >= 11 is 0. The van der Waals surface area contributed by atoms with Gasteiger partial charge in [-0.3, -0.25) is 5.10 Å². The first-order chi connectivity index (χ1) is 13.1. The topological polar surface area (TPSA) is 103 Å². The maximum Gasteiger partial charge on any atom is 0.388 e. The van der Waals surface area contributed by atoms with Gasteiger partial charge in [0.15, 0.2) is 11.5 Å². The zero-order chi connectivity index (χ0) is 18.8. The first-order valence-corrected chi connectivity index (χ1v) is 8.65. The van der Waals surface area contributed by atoms with Crippen molar-refractivity contribution in [3.8, 4) is 5.88 Å². The van der Waals surface area contributed by atoms with E-state index < -0.39 is 6.61 Å². The van der Waals surface area contributed by atoms with Crippen molar-refractivity contribution in [3.63, 3.8) is 0 Å². The summed E-state index contributed by atoms with van der Waals surface area (Å²) in [6, 6.07) is 1.43. The lowest BCUT2D eigenvalue weighted by Gasteiger charge is -2.27. The van der Waals surface area contributed by atoms with Crippen LogP contribution < -0.4 is 10.1 Å². The lowest BCUT2D eigenvalue weighted by atomic mass is 9.95. The van der Waals surface area contributed by atoms with E-state index in [9.17, 15) is 8.78 Å². The van der Waals surface area contributed by atoms with Gasteiger partial charge in [-0.05, 0) is 19.8 Å². The molecule has 0 aliphatic carbocycles. The molecular formula is C16H19F2N7O2. The maximum atomic E-state index is 12.2. The minimum atomic E-state index is -2.93. The Balaban J connectivity index is 1.55. The molecule has 0 aromatic carbocycles. The van der Waals surface area contributed by atoms with Gasteiger partial charge in [-0.1, -0.05) is 0 Å². The van der Waals surface area contributed by atoms with E-state index in [1.54, 1.807) is 6.20 Å². The van der Waals surface area contributed by atoms with E-state index in [0.717, 1.165) is 19.4 Å². The van der Waals surface area contributed by atoms with Gasteiger partial charge < -0.3 is 14.8 Å². The van der Waals surface area contributed by atoms with Crippen molar-refractivity contribution in [3.05, 3.63) is 18.5 Å². The first-order valence-electron chi connectivity index (χ1n) is 8.65. The van der Waals surface area contributed by atoms with Crippen molar-refractivity contribution >= 4 is 22.8 Å². The summed E-state index contributed by atoms with van der Waals surface area (Å²) < 4.78 is 36.1. The highest BCUT2D eigenvalue weighted by molar-refractivity contribution is 5.72. The summed E-state index contributed by atoms with van der Waals surface area (Å²) in [5.74, 6) is 0.946. The molecule has 2 N–H and O–H groups in total. The molecule has 9 nitrogen and oxygen atoms in total. The van der Waals surface area contributed by atoms with Crippen LogP contribution in [-0.2, 0) is 4.74 Å². The molecule has 4 heterocycles. The zero-order valence-electron chi connectivity index (χ0n) is 14.6. The van der Waals surface area contributed by atoms with Crippen LogP contribution in [0, 0.1) is 5.92 Å². The Morgan fingerprint density at radius 3 is 3.07 bits per heavy atom. The fourth-order valence-corrected chi connectivity index (χ4v) is 3.18. The van der Waals surface area contributed by atoms with Gasteiger partial charge in [-0.15, -0.1) is 5.10 Å². The molecule has 0 spiro atoms. The molecule has 144 valence electrons. The van der Waals surface area contributed by atoms with E-state index in [-0.39, 0.29) is 11.9 Å². The third-order valence-corrected chi connectivity index (χ3v) is 4.59. The average Bonchev–Trinajstić information content (AvgIpc) is 3.28. The van der Waals surface area contributed by atoms with Gasteiger partial charge in [0.25, 0.3) is 0 Å². The van der Waals surface area contributed by atoms with Crippen LogP contribution in [0.5, 0.6) is 5.88 Å². The predicted molar refractivity (Wildman–Crippen MR) is 92.1 cm³/mol. The molecule has 1 fully saturated rings. The van der Waals surface area contributed by atoms with E-state index in [1.807, 2.05) is 4.68 Å². The monoisotopic (exact) mass is 379 g/mol. The van der Waals surface area contributed by atoms with Crippen LogP contribution >= 0.6 is 0 Å². The van der Waals surface area contributed by atoms with Gasteiger partial charge in [0.05, 0.1) is 25.0 Å². The average molecular weight is 379 g/mol. The Hall–Kier alpha value is -2.82. The highest BCUT2D eigenvalue weighted by Crippen LogP contribution is 2.28. The molecule has 1 unspecified atom stereocenters. The normalized spacial score (nSPS) is 18.7. The third kappa shape index (κ3) is 3.82. The number of rotatable bonds is 6. The molecule has 3 aromatic heterocycles. The third-order valence-electron chi connectivity index (χ3n) is 4.59. The summed E-state index contributed by atoms with van der Waals surface area (Å²) in [7, 11) is 0. The summed E-state index contributed by atoms with van der Waals surface area (Å²) in [6.45, 7) is 0.668. The SMILES string of the molecule is CC([C@@H]1CCCOC1)n1ncc2ncc(Nc3cc(OC(F)F)n[nH]3)nc21. The zero-order valence-corrected chi connectivity index (χ0v) is 14.6. The second kappa shape index (κ2) is 7.43. The Morgan fingerprint density at radius 1 is 1.41 bits per heavy atom. The summed E-state index contributed by atoms with van der Waals surface area (Å²) in [6.07, 6.45) is 5.33. The fraction of sp³-hybridized carbons (Fsp3) is 0.500. The molecule has 0 amide bonds. The molecule has 2 atom stereocenters. The highest BCUT2D eigenvalue weighted by Gasteiger charge is 2.24. The number of ether oxygens (including phenoxy) is 2. The summed E-state index contributed by atoms with van der Waals surface area (Å²) in [4.78, 5) is 8.92. The quantitative estimate of drug-likeness (QED) is 0.679. The van der Waals surface area contributed by atoms with Crippen LogP contribution in [0.1, 0.15) is 25.8 Å². The van der Waals surface area contributed by atoms with E-state index in [4.69, 9.17) is 4.74 Å². The Kier molecular flexibility index (Phi) is 4.84. The van der Waals surface area contributed by atoms with Gasteiger partial charge in [0, 0.05) is 18.6 Å². The van der Waals surface area contributed by atoms with Crippen LogP contribution in [0.4, 0.5) is 20.4 Å². The lowest BCUT2D eigenvalue weighted by molar-refractivity contribution is -0.0528. The number of hydrogen-bond acceptors (Lipinski definition) is 7. The molecule has 4 rings (SSSR count). The number of anilines is 2. The van der Waals surface area contributed by atoms with Gasteiger partial charge in [0.2, 0.25) is 5.88 Å². The molecule has 0 bridgehead atoms. The number of H-pyrrole nitrogens is 1. The molecule has 0 radical (unpaired) electrons. The van der Waals surface area contributed by atoms with E-state index in [2.05, 4.69) is 42.2 Å². The number of hydrogen-bond donors (Lipinski definition) is 2. The van der Waals surface area contributed by atoms with Crippen LogP contribution in [0.2, 0.25) is 0 Å². The first kappa shape index (κ1) is 17.6. The molecular weight excluding hydrogens is 360 g/mol. The van der Waals surface area contributed by atoms with Crippen molar-refractivity contribution in [2.24, 2.45) is 5.92 Å². The summed E-state index contributed by atoms with van der Waals surface area (Å²) in [5.41, 5.74) is 1.32. The molecule has 1 aliphatic rings. The largest absolute Gasteiger partial charge is 0.415 e. The second-order valence-electron chi connectivity index (χ2n) is 6.39. The van der Waals surface area contributed by atoms with Crippen molar-refractivity contribution in [1.82, 2.24) is 29.9 Å². The number of nitrogens with one attached hydrogen (secondary N) is 2. The molecule has 27 heavy (non-hydrogen) atoms. The van der Waals surface area contributed by atoms with Crippen LogP contribution in [0.25, 0.3) is 11.2 Å². The molecule has 1 aliphatic heterocycles. The maximum absolute atomic E-state index is 12.2. The van der Waals surface area contributed by atoms with E-state index in [1.165, 1.54) is 12.3 Å².